The van der Waals surface area contributed by atoms with Gasteiger partial charge in [0.1, 0.15) is 5.82 Å². The van der Waals surface area contributed by atoms with E-state index in [2.05, 4.69) is 10.4 Å². The molecule has 150 valence electrons. The molecule has 1 aliphatic carbocycles. The van der Waals surface area contributed by atoms with Crippen molar-refractivity contribution < 1.29 is 4.79 Å². The van der Waals surface area contributed by atoms with Crippen LogP contribution in [0.15, 0.2) is 35.1 Å². The fourth-order valence-electron chi connectivity index (χ4n) is 4.51. The summed E-state index contributed by atoms with van der Waals surface area (Å²) in [7, 11) is 1.74. The van der Waals surface area contributed by atoms with Crippen LogP contribution >= 0.6 is 0 Å². The molecule has 2 fully saturated rings. The molecule has 0 bridgehead atoms. The number of rotatable bonds is 4. The number of aromatic nitrogens is 3. The molecule has 1 aliphatic heterocycles. The fraction of sp³-hybridized carbons (Fsp3) is 0.571. The minimum atomic E-state index is -0.0171. The molecular weight excluding hydrogens is 354 g/mol. The summed E-state index contributed by atoms with van der Waals surface area (Å²) in [6.45, 7) is 1.93. The molecule has 7 heteroatoms. The predicted octanol–water partition coefficient (Wildman–Crippen LogP) is 2.79. The molecule has 0 radical (unpaired) electrons. The van der Waals surface area contributed by atoms with E-state index in [1.54, 1.807) is 7.05 Å². The number of hydrogen-bond donors (Lipinski definition) is 1. The lowest BCUT2D eigenvalue weighted by atomic mass is 9.95. The molecule has 28 heavy (non-hydrogen) atoms. The monoisotopic (exact) mass is 383 g/mol. The number of aryl methyl sites for hydroxylation is 1. The Hall–Kier alpha value is -2.57. The third-order valence-electron chi connectivity index (χ3n) is 6.11. The molecule has 2 amide bonds. The van der Waals surface area contributed by atoms with Gasteiger partial charge in [0.2, 0.25) is 0 Å². The lowest BCUT2D eigenvalue weighted by Crippen LogP contribution is -2.44. The number of hydrogen-bond acceptors (Lipinski definition) is 3. The average molecular weight is 383 g/mol. The topological polar surface area (TPSA) is 72.2 Å². The maximum absolute atomic E-state index is 12.6. The van der Waals surface area contributed by atoms with Gasteiger partial charge in [-0.15, -0.1) is 0 Å². The zero-order chi connectivity index (χ0) is 19.5. The highest BCUT2D eigenvalue weighted by atomic mass is 16.2. The summed E-state index contributed by atoms with van der Waals surface area (Å²) >= 11 is 0. The molecule has 2 aromatic rings. The highest BCUT2D eigenvalue weighted by molar-refractivity contribution is 5.74. The summed E-state index contributed by atoms with van der Waals surface area (Å²) in [6, 6.07) is 10.2. The van der Waals surface area contributed by atoms with Crippen molar-refractivity contribution in [2.24, 2.45) is 7.05 Å². The molecule has 1 N–H and O–H groups in total. The van der Waals surface area contributed by atoms with Crippen molar-refractivity contribution in [1.29, 1.82) is 0 Å². The van der Waals surface area contributed by atoms with Crippen LogP contribution in [0.25, 0.3) is 0 Å². The number of benzene rings is 1. The first-order valence-electron chi connectivity index (χ1n) is 10.4. The quantitative estimate of drug-likeness (QED) is 0.882. The van der Waals surface area contributed by atoms with Crippen molar-refractivity contribution in [2.45, 2.75) is 57.0 Å². The van der Waals surface area contributed by atoms with Gasteiger partial charge >= 0.3 is 11.7 Å². The van der Waals surface area contributed by atoms with Crippen LogP contribution in [0.1, 0.15) is 61.9 Å². The number of piperidine rings is 1. The standard InChI is InChI=1S/C21H29N5O2/c1-24-21(28)26(18-9-5-6-10-18)19(23-24)17-11-13-25(14-12-17)20(27)22-15-16-7-3-2-4-8-16/h2-4,7-8,17-18H,5-6,9-15H2,1H3,(H,22,27). The van der Waals surface area contributed by atoms with Gasteiger partial charge in [0.25, 0.3) is 0 Å². The maximum Gasteiger partial charge on any atom is 0.345 e. The van der Waals surface area contributed by atoms with Crippen LogP contribution in [0.5, 0.6) is 0 Å². The molecule has 1 aromatic carbocycles. The van der Waals surface area contributed by atoms with Crippen LogP contribution < -0.4 is 11.0 Å². The molecule has 1 saturated carbocycles. The Labute approximate surface area is 165 Å². The van der Waals surface area contributed by atoms with Crippen molar-refractivity contribution in [3.63, 3.8) is 0 Å². The number of nitrogens with zero attached hydrogens (tertiary/aromatic N) is 4. The van der Waals surface area contributed by atoms with E-state index in [-0.39, 0.29) is 17.6 Å². The van der Waals surface area contributed by atoms with E-state index in [1.165, 1.54) is 17.5 Å². The van der Waals surface area contributed by atoms with Crippen molar-refractivity contribution in [1.82, 2.24) is 24.6 Å². The fourth-order valence-corrected chi connectivity index (χ4v) is 4.51. The van der Waals surface area contributed by atoms with E-state index in [0.29, 0.717) is 25.7 Å². The van der Waals surface area contributed by atoms with E-state index < -0.39 is 0 Å². The van der Waals surface area contributed by atoms with Gasteiger partial charge in [-0.2, -0.15) is 5.10 Å². The van der Waals surface area contributed by atoms with E-state index >= 15 is 0 Å². The van der Waals surface area contributed by atoms with Gasteiger partial charge in [0, 0.05) is 38.6 Å². The Morgan fingerprint density at radius 1 is 1.11 bits per heavy atom. The maximum atomic E-state index is 12.6. The summed E-state index contributed by atoms with van der Waals surface area (Å²) in [5.41, 5.74) is 1.10. The highest BCUT2D eigenvalue weighted by Gasteiger charge is 2.31. The normalized spacial score (nSPS) is 18.5. The molecule has 7 nitrogen and oxygen atoms in total. The predicted molar refractivity (Wildman–Crippen MR) is 107 cm³/mol. The van der Waals surface area contributed by atoms with Gasteiger partial charge in [-0.25, -0.2) is 14.3 Å². The largest absolute Gasteiger partial charge is 0.345 e. The van der Waals surface area contributed by atoms with Gasteiger partial charge in [0.05, 0.1) is 0 Å². The minimum Gasteiger partial charge on any atom is -0.334 e. The molecule has 0 spiro atoms. The van der Waals surface area contributed by atoms with Gasteiger partial charge in [-0.05, 0) is 31.2 Å². The van der Waals surface area contributed by atoms with Gasteiger partial charge in [0.15, 0.2) is 0 Å². The first-order chi connectivity index (χ1) is 13.6. The van der Waals surface area contributed by atoms with E-state index in [4.69, 9.17) is 0 Å². The first-order valence-corrected chi connectivity index (χ1v) is 10.4. The molecule has 1 aromatic heterocycles. The van der Waals surface area contributed by atoms with Crippen LogP contribution in [0.4, 0.5) is 4.79 Å². The Balaban J connectivity index is 1.37. The molecule has 2 aliphatic rings. The van der Waals surface area contributed by atoms with Crippen LogP contribution in [0.2, 0.25) is 0 Å². The summed E-state index contributed by atoms with van der Waals surface area (Å²) in [5, 5.41) is 7.58. The van der Waals surface area contributed by atoms with E-state index in [9.17, 15) is 9.59 Å². The second kappa shape index (κ2) is 8.20. The molecule has 4 rings (SSSR count). The summed E-state index contributed by atoms with van der Waals surface area (Å²) in [5.74, 6) is 1.16. The molecular formula is C21H29N5O2. The lowest BCUT2D eigenvalue weighted by Gasteiger charge is -2.32. The molecule has 1 saturated heterocycles. The van der Waals surface area contributed by atoms with E-state index in [0.717, 1.165) is 37.1 Å². The lowest BCUT2D eigenvalue weighted by molar-refractivity contribution is 0.179. The first kappa shape index (κ1) is 18.8. The SMILES string of the molecule is Cn1nc(C2CCN(C(=O)NCc3ccccc3)CC2)n(C2CCCC2)c1=O. The zero-order valence-electron chi connectivity index (χ0n) is 16.5. The van der Waals surface area contributed by atoms with Gasteiger partial charge in [-0.3, -0.25) is 4.57 Å². The number of nitrogens with one attached hydrogen (secondary N) is 1. The smallest absolute Gasteiger partial charge is 0.334 e. The molecule has 0 unspecified atom stereocenters. The Morgan fingerprint density at radius 2 is 1.79 bits per heavy atom. The van der Waals surface area contributed by atoms with E-state index in [1.807, 2.05) is 39.8 Å². The second-order valence-corrected chi connectivity index (χ2v) is 7.98. The second-order valence-electron chi connectivity index (χ2n) is 7.98. The Bertz CT molecular complexity index is 859. The summed E-state index contributed by atoms with van der Waals surface area (Å²) in [4.78, 5) is 27.0. The zero-order valence-corrected chi connectivity index (χ0v) is 16.5. The third-order valence-corrected chi connectivity index (χ3v) is 6.11. The van der Waals surface area contributed by atoms with Crippen LogP contribution in [-0.4, -0.2) is 38.4 Å². The Morgan fingerprint density at radius 3 is 2.46 bits per heavy atom. The van der Waals surface area contributed by atoms with Crippen LogP contribution in [0, 0.1) is 0 Å². The van der Waals surface area contributed by atoms with Gasteiger partial charge in [-0.1, -0.05) is 43.2 Å². The number of amides is 2. The van der Waals surface area contributed by atoms with Crippen LogP contribution in [0.3, 0.4) is 0 Å². The van der Waals surface area contributed by atoms with Crippen molar-refractivity contribution in [2.75, 3.05) is 13.1 Å². The number of urea groups is 1. The third kappa shape index (κ3) is 3.84. The molecule has 2 heterocycles. The Kier molecular flexibility index (Phi) is 5.50. The van der Waals surface area contributed by atoms with Crippen LogP contribution in [-0.2, 0) is 13.6 Å². The number of likely N-dealkylation sites (tertiary alicyclic amines) is 1. The number of carbonyl (C=O) groups is 1. The molecule has 0 atom stereocenters. The summed E-state index contributed by atoms with van der Waals surface area (Å²) in [6.07, 6.45) is 6.21. The van der Waals surface area contributed by atoms with Gasteiger partial charge < -0.3 is 10.2 Å². The van der Waals surface area contributed by atoms with Crippen molar-refractivity contribution in [3.05, 3.63) is 52.2 Å². The van der Waals surface area contributed by atoms with Crippen molar-refractivity contribution >= 4 is 6.03 Å². The average Bonchev–Trinajstić information content (AvgIpc) is 3.35. The highest BCUT2D eigenvalue weighted by Crippen LogP contribution is 2.33. The summed E-state index contributed by atoms with van der Waals surface area (Å²) < 4.78 is 3.43. The number of carbonyl (C=O) groups excluding carboxylic acids is 1. The van der Waals surface area contributed by atoms with Crippen molar-refractivity contribution in [3.8, 4) is 0 Å². The minimum absolute atomic E-state index is 0.00457.